The van der Waals surface area contributed by atoms with Crippen molar-refractivity contribution in [1.29, 1.82) is 0 Å². The topological polar surface area (TPSA) is 84.5 Å². The molecule has 0 aliphatic carbocycles. The summed E-state index contributed by atoms with van der Waals surface area (Å²) in [5.41, 5.74) is 1.75. The molecule has 1 N–H and O–H groups in total. The fourth-order valence-electron chi connectivity index (χ4n) is 3.07. The van der Waals surface area contributed by atoms with Crippen LogP contribution < -0.4 is 0 Å². The van der Waals surface area contributed by atoms with Crippen molar-refractivity contribution in [2.75, 3.05) is 13.1 Å². The quantitative estimate of drug-likeness (QED) is 0.849. The number of ether oxygens (including phenoxy) is 2. The number of hydrogen-bond acceptors (Lipinski definition) is 5. The number of aromatic nitrogens is 2. The number of morpholine rings is 1. The highest BCUT2D eigenvalue weighted by Crippen LogP contribution is 2.18. The molecule has 0 unspecified atom stereocenters. The molecule has 7 heteroatoms. The Labute approximate surface area is 152 Å². The van der Waals surface area contributed by atoms with Gasteiger partial charge >= 0.3 is 5.97 Å². The Kier molecular flexibility index (Phi) is 5.37. The zero-order valence-corrected chi connectivity index (χ0v) is 15.1. The first-order chi connectivity index (χ1) is 12.4. The van der Waals surface area contributed by atoms with Gasteiger partial charge in [-0.2, -0.15) is 5.10 Å². The third-order valence-electron chi connectivity index (χ3n) is 4.23. The molecule has 3 rings (SSSR count). The number of nitrogens with one attached hydrogen (secondary N) is 1. The molecular weight excluding hydrogens is 334 g/mol. The number of rotatable bonds is 4. The van der Waals surface area contributed by atoms with Crippen LogP contribution in [-0.4, -0.2) is 58.4 Å². The summed E-state index contributed by atoms with van der Waals surface area (Å²) in [5.74, 6) is -0.821. The normalized spacial score (nSPS) is 21.3. The van der Waals surface area contributed by atoms with E-state index in [0.717, 1.165) is 5.56 Å². The smallest absolute Gasteiger partial charge is 0.357 e. The van der Waals surface area contributed by atoms with Crippen molar-refractivity contribution < 1.29 is 19.1 Å². The average Bonchev–Trinajstić information content (AvgIpc) is 3.11. The standard InChI is InChI=1S/C19H23N3O4/c1-12-10-22(11-13(2)25-12)18(23)14(3)26-19(24)17-9-16(20-21-17)15-7-5-4-6-8-15/h4-9,12-14H,10-11H2,1-3H3,(H,20,21)/t12-,13+,14-/m0/s1. The lowest BCUT2D eigenvalue weighted by molar-refractivity contribution is -0.151. The number of H-pyrrole nitrogens is 1. The highest BCUT2D eigenvalue weighted by Gasteiger charge is 2.30. The fourth-order valence-corrected chi connectivity index (χ4v) is 3.07. The van der Waals surface area contributed by atoms with Gasteiger partial charge in [-0.25, -0.2) is 4.79 Å². The Morgan fingerprint density at radius 1 is 1.23 bits per heavy atom. The van der Waals surface area contributed by atoms with E-state index in [2.05, 4.69) is 10.2 Å². The van der Waals surface area contributed by atoms with Gasteiger partial charge in [0.15, 0.2) is 6.10 Å². The molecule has 7 nitrogen and oxygen atoms in total. The molecule has 138 valence electrons. The monoisotopic (exact) mass is 357 g/mol. The third-order valence-corrected chi connectivity index (χ3v) is 4.23. The predicted molar refractivity (Wildman–Crippen MR) is 95.5 cm³/mol. The molecule has 1 aliphatic heterocycles. The van der Waals surface area contributed by atoms with Crippen LogP contribution in [0.25, 0.3) is 11.3 Å². The minimum atomic E-state index is -0.872. The highest BCUT2D eigenvalue weighted by molar-refractivity contribution is 5.91. The Morgan fingerprint density at radius 3 is 2.54 bits per heavy atom. The molecule has 1 saturated heterocycles. The van der Waals surface area contributed by atoms with Crippen molar-refractivity contribution in [2.45, 2.75) is 39.1 Å². The van der Waals surface area contributed by atoms with Crippen LogP contribution in [0.4, 0.5) is 0 Å². The van der Waals surface area contributed by atoms with E-state index in [1.807, 2.05) is 44.2 Å². The molecular formula is C19H23N3O4. The number of nitrogens with zero attached hydrogens (tertiary/aromatic N) is 2. The summed E-state index contributed by atoms with van der Waals surface area (Å²) in [4.78, 5) is 26.6. The summed E-state index contributed by atoms with van der Waals surface area (Å²) in [6.07, 6.45) is -0.943. The number of benzene rings is 1. The molecule has 0 saturated carbocycles. The summed E-state index contributed by atoms with van der Waals surface area (Å²) in [7, 11) is 0. The number of carbonyl (C=O) groups excluding carboxylic acids is 2. The van der Waals surface area contributed by atoms with Crippen molar-refractivity contribution in [3.8, 4) is 11.3 Å². The molecule has 1 fully saturated rings. The molecule has 26 heavy (non-hydrogen) atoms. The minimum absolute atomic E-state index is 0.0355. The number of esters is 1. The molecule has 1 amide bonds. The summed E-state index contributed by atoms with van der Waals surface area (Å²) >= 11 is 0. The van der Waals surface area contributed by atoms with E-state index < -0.39 is 12.1 Å². The van der Waals surface area contributed by atoms with Crippen LogP contribution in [0, 0.1) is 0 Å². The molecule has 3 atom stereocenters. The van der Waals surface area contributed by atoms with Crippen molar-refractivity contribution in [3.05, 3.63) is 42.1 Å². The first-order valence-corrected chi connectivity index (χ1v) is 8.70. The summed E-state index contributed by atoms with van der Waals surface area (Å²) in [5, 5.41) is 6.80. The van der Waals surface area contributed by atoms with Crippen LogP contribution in [0.1, 0.15) is 31.3 Å². The lowest BCUT2D eigenvalue weighted by Gasteiger charge is -2.36. The second-order valence-corrected chi connectivity index (χ2v) is 6.58. The molecule has 0 radical (unpaired) electrons. The molecule has 1 aliphatic rings. The molecule has 2 aromatic rings. The molecule has 2 heterocycles. The molecule has 0 spiro atoms. The van der Waals surface area contributed by atoms with E-state index >= 15 is 0 Å². The Balaban J connectivity index is 1.62. The third kappa shape index (κ3) is 4.11. The van der Waals surface area contributed by atoms with E-state index in [-0.39, 0.29) is 23.8 Å². The van der Waals surface area contributed by atoms with Gasteiger partial charge in [-0.05, 0) is 26.8 Å². The van der Waals surface area contributed by atoms with Gasteiger partial charge in [-0.1, -0.05) is 30.3 Å². The Hall–Kier alpha value is -2.67. The maximum atomic E-state index is 12.6. The highest BCUT2D eigenvalue weighted by atomic mass is 16.5. The Morgan fingerprint density at radius 2 is 1.88 bits per heavy atom. The van der Waals surface area contributed by atoms with E-state index in [1.165, 1.54) is 0 Å². The van der Waals surface area contributed by atoms with Gasteiger partial charge < -0.3 is 14.4 Å². The van der Waals surface area contributed by atoms with Gasteiger partial charge in [-0.3, -0.25) is 9.89 Å². The lowest BCUT2D eigenvalue weighted by atomic mass is 10.1. The van der Waals surface area contributed by atoms with Gasteiger partial charge in [0.05, 0.1) is 17.9 Å². The number of hydrogen-bond donors (Lipinski definition) is 1. The predicted octanol–water partition coefficient (Wildman–Crippen LogP) is 2.26. The van der Waals surface area contributed by atoms with Crippen LogP contribution in [0.15, 0.2) is 36.4 Å². The average molecular weight is 357 g/mol. The van der Waals surface area contributed by atoms with Gasteiger partial charge in [-0.15, -0.1) is 0 Å². The van der Waals surface area contributed by atoms with Crippen LogP contribution >= 0.6 is 0 Å². The van der Waals surface area contributed by atoms with E-state index in [4.69, 9.17) is 9.47 Å². The Bertz CT molecular complexity index is 764. The number of amides is 1. The first kappa shape index (κ1) is 18.1. The number of aromatic amines is 1. The van der Waals surface area contributed by atoms with Gasteiger partial charge in [0.1, 0.15) is 5.69 Å². The van der Waals surface area contributed by atoms with E-state index in [0.29, 0.717) is 18.8 Å². The summed E-state index contributed by atoms with van der Waals surface area (Å²) in [6, 6.07) is 11.1. The summed E-state index contributed by atoms with van der Waals surface area (Å²) < 4.78 is 11.0. The largest absolute Gasteiger partial charge is 0.448 e. The van der Waals surface area contributed by atoms with E-state index in [9.17, 15) is 9.59 Å². The van der Waals surface area contributed by atoms with Gasteiger partial charge in [0.2, 0.25) is 0 Å². The van der Waals surface area contributed by atoms with Crippen molar-refractivity contribution >= 4 is 11.9 Å². The zero-order chi connectivity index (χ0) is 18.7. The summed E-state index contributed by atoms with van der Waals surface area (Å²) in [6.45, 7) is 6.41. The van der Waals surface area contributed by atoms with Gasteiger partial charge in [0.25, 0.3) is 5.91 Å². The zero-order valence-electron chi connectivity index (χ0n) is 15.1. The van der Waals surface area contributed by atoms with Crippen molar-refractivity contribution in [3.63, 3.8) is 0 Å². The minimum Gasteiger partial charge on any atom is -0.448 e. The van der Waals surface area contributed by atoms with Crippen LogP contribution in [0.3, 0.4) is 0 Å². The second-order valence-electron chi connectivity index (χ2n) is 6.58. The maximum absolute atomic E-state index is 12.6. The van der Waals surface area contributed by atoms with Crippen LogP contribution in [0.5, 0.6) is 0 Å². The van der Waals surface area contributed by atoms with E-state index in [1.54, 1.807) is 17.9 Å². The van der Waals surface area contributed by atoms with Crippen LogP contribution in [-0.2, 0) is 14.3 Å². The molecule has 0 bridgehead atoms. The number of carbonyl (C=O) groups is 2. The van der Waals surface area contributed by atoms with Crippen LogP contribution in [0.2, 0.25) is 0 Å². The first-order valence-electron chi connectivity index (χ1n) is 8.70. The maximum Gasteiger partial charge on any atom is 0.357 e. The molecule has 1 aromatic carbocycles. The fraction of sp³-hybridized carbons (Fsp3) is 0.421. The lowest BCUT2D eigenvalue weighted by Crippen LogP contribution is -2.51. The second kappa shape index (κ2) is 7.70. The van der Waals surface area contributed by atoms with Crippen molar-refractivity contribution in [1.82, 2.24) is 15.1 Å². The molecule has 1 aromatic heterocycles. The SMILES string of the molecule is C[C@@H]1CN(C(=O)[C@H](C)OC(=O)c2cc(-c3ccccc3)n[nH]2)C[C@H](C)O1. The van der Waals surface area contributed by atoms with Gasteiger partial charge in [0, 0.05) is 18.7 Å². The van der Waals surface area contributed by atoms with Crippen molar-refractivity contribution in [2.24, 2.45) is 0 Å².